The van der Waals surface area contributed by atoms with Gasteiger partial charge in [-0.05, 0) is 19.9 Å². The van der Waals surface area contributed by atoms with Gasteiger partial charge in [0.25, 0.3) is 0 Å². The molecule has 0 amide bonds. The number of nitrogens with one attached hydrogen (secondary N) is 1. The van der Waals surface area contributed by atoms with Gasteiger partial charge in [0, 0.05) is 13.7 Å². The van der Waals surface area contributed by atoms with Gasteiger partial charge in [-0.2, -0.15) is 0 Å². The smallest absolute Gasteiger partial charge is 0.0701 e. The van der Waals surface area contributed by atoms with Gasteiger partial charge in [-0.1, -0.05) is 6.92 Å². The molecule has 4 nitrogen and oxygen atoms in total. The molecule has 0 aliphatic rings. The van der Waals surface area contributed by atoms with Gasteiger partial charge in [0.2, 0.25) is 0 Å². The first-order valence-corrected chi connectivity index (χ1v) is 5.72. The topological polar surface area (TPSA) is 39.7 Å². The van der Waals surface area contributed by atoms with Crippen LogP contribution in [0.5, 0.6) is 0 Å². The summed E-state index contributed by atoms with van der Waals surface area (Å²) in [6, 6.07) is 0.288. The van der Waals surface area contributed by atoms with E-state index in [1.54, 1.807) is 7.11 Å². The van der Waals surface area contributed by atoms with Crippen molar-refractivity contribution < 1.29 is 14.2 Å². The third kappa shape index (κ3) is 10.1. The van der Waals surface area contributed by atoms with Crippen LogP contribution in [0.1, 0.15) is 20.3 Å². The molecule has 0 heterocycles. The first-order valence-electron chi connectivity index (χ1n) is 5.72. The summed E-state index contributed by atoms with van der Waals surface area (Å²) in [5, 5.41) is 3.37. The summed E-state index contributed by atoms with van der Waals surface area (Å²) in [6.07, 6.45) is 1.12. The Labute approximate surface area is 93.3 Å². The van der Waals surface area contributed by atoms with Gasteiger partial charge in [-0.15, -0.1) is 0 Å². The molecular formula is C11H25NO3. The highest BCUT2D eigenvalue weighted by Crippen LogP contribution is 1.89. The van der Waals surface area contributed by atoms with E-state index in [-0.39, 0.29) is 6.04 Å². The standard InChI is InChI=1S/C11H25NO3/c1-4-6-12-11(9-13-3)10-15-8-7-14-5-2/h11-12H,4-10H2,1-3H3. The Bertz CT molecular complexity index is 122. The molecule has 92 valence electrons. The van der Waals surface area contributed by atoms with E-state index in [4.69, 9.17) is 14.2 Å². The Morgan fingerprint density at radius 2 is 1.80 bits per heavy atom. The number of methoxy groups -OCH3 is 1. The second-order valence-electron chi connectivity index (χ2n) is 3.38. The Morgan fingerprint density at radius 1 is 1.07 bits per heavy atom. The van der Waals surface area contributed by atoms with E-state index in [1.165, 1.54) is 0 Å². The number of hydrogen-bond acceptors (Lipinski definition) is 4. The molecule has 0 fully saturated rings. The maximum atomic E-state index is 5.48. The molecule has 0 aliphatic heterocycles. The number of rotatable bonds is 11. The summed E-state index contributed by atoms with van der Waals surface area (Å²) in [4.78, 5) is 0. The van der Waals surface area contributed by atoms with Crippen LogP contribution in [0.2, 0.25) is 0 Å². The fraction of sp³-hybridized carbons (Fsp3) is 1.00. The fourth-order valence-electron chi connectivity index (χ4n) is 1.20. The zero-order chi connectivity index (χ0) is 11.4. The Kier molecular flexibility index (Phi) is 11.8. The molecule has 0 bridgehead atoms. The van der Waals surface area contributed by atoms with Crippen LogP contribution in [0, 0.1) is 0 Å². The van der Waals surface area contributed by atoms with Gasteiger partial charge in [-0.25, -0.2) is 0 Å². The van der Waals surface area contributed by atoms with Crippen LogP contribution >= 0.6 is 0 Å². The molecule has 15 heavy (non-hydrogen) atoms. The minimum absolute atomic E-state index is 0.288. The van der Waals surface area contributed by atoms with Gasteiger partial charge in [0.05, 0.1) is 32.5 Å². The van der Waals surface area contributed by atoms with E-state index >= 15 is 0 Å². The molecule has 0 radical (unpaired) electrons. The highest BCUT2D eigenvalue weighted by atomic mass is 16.5. The average molecular weight is 219 g/mol. The first-order chi connectivity index (χ1) is 7.35. The van der Waals surface area contributed by atoms with Crippen molar-refractivity contribution in [2.45, 2.75) is 26.3 Å². The molecule has 0 aromatic heterocycles. The quantitative estimate of drug-likeness (QED) is 0.527. The molecule has 1 N–H and O–H groups in total. The minimum atomic E-state index is 0.288. The van der Waals surface area contributed by atoms with Crippen molar-refractivity contribution in [1.82, 2.24) is 5.32 Å². The van der Waals surface area contributed by atoms with Crippen LogP contribution in [0.4, 0.5) is 0 Å². The van der Waals surface area contributed by atoms with Crippen molar-refractivity contribution in [3.63, 3.8) is 0 Å². The Morgan fingerprint density at radius 3 is 2.40 bits per heavy atom. The molecule has 4 heteroatoms. The van der Waals surface area contributed by atoms with Crippen LogP contribution < -0.4 is 5.32 Å². The lowest BCUT2D eigenvalue weighted by atomic mass is 10.3. The zero-order valence-corrected chi connectivity index (χ0v) is 10.3. The SMILES string of the molecule is CCCNC(COC)COCCOCC. The summed E-state index contributed by atoms with van der Waals surface area (Å²) in [5.41, 5.74) is 0. The first kappa shape index (κ1) is 14.8. The lowest BCUT2D eigenvalue weighted by Gasteiger charge is -2.17. The van der Waals surface area contributed by atoms with E-state index in [0.717, 1.165) is 19.6 Å². The minimum Gasteiger partial charge on any atom is -0.383 e. The summed E-state index contributed by atoms with van der Waals surface area (Å²) in [5.74, 6) is 0. The molecule has 0 spiro atoms. The van der Waals surface area contributed by atoms with Crippen LogP contribution in [-0.4, -0.2) is 52.7 Å². The van der Waals surface area contributed by atoms with E-state index in [1.807, 2.05) is 6.92 Å². The predicted molar refractivity (Wildman–Crippen MR) is 61.3 cm³/mol. The van der Waals surface area contributed by atoms with Crippen molar-refractivity contribution in [3.8, 4) is 0 Å². The van der Waals surface area contributed by atoms with Crippen LogP contribution in [0.3, 0.4) is 0 Å². The Hall–Kier alpha value is -0.160. The number of hydrogen-bond donors (Lipinski definition) is 1. The van der Waals surface area contributed by atoms with Gasteiger partial charge in [0.15, 0.2) is 0 Å². The highest BCUT2D eigenvalue weighted by molar-refractivity contribution is 4.64. The molecule has 1 unspecified atom stereocenters. The van der Waals surface area contributed by atoms with Crippen molar-refractivity contribution in [2.24, 2.45) is 0 Å². The third-order valence-electron chi connectivity index (χ3n) is 1.95. The molecule has 0 saturated heterocycles. The summed E-state index contributed by atoms with van der Waals surface area (Å²) in [7, 11) is 1.71. The van der Waals surface area contributed by atoms with E-state index in [2.05, 4.69) is 12.2 Å². The molecule has 0 rings (SSSR count). The maximum Gasteiger partial charge on any atom is 0.0701 e. The lowest BCUT2D eigenvalue weighted by molar-refractivity contribution is 0.0308. The summed E-state index contributed by atoms with van der Waals surface area (Å²) >= 11 is 0. The largest absolute Gasteiger partial charge is 0.383 e. The summed E-state index contributed by atoms with van der Waals surface area (Å²) < 4.78 is 15.8. The monoisotopic (exact) mass is 219 g/mol. The number of ether oxygens (including phenoxy) is 3. The van der Waals surface area contributed by atoms with Crippen molar-refractivity contribution in [2.75, 3.05) is 46.7 Å². The van der Waals surface area contributed by atoms with Crippen molar-refractivity contribution in [1.29, 1.82) is 0 Å². The van der Waals surface area contributed by atoms with Crippen LogP contribution in [0.25, 0.3) is 0 Å². The molecule has 0 aromatic carbocycles. The van der Waals surface area contributed by atoms with Crippen molar-refractivity contribution >= 4 is 0 Å². The van der Waals surface area contributed by atoms with E-state index < -0.39 is 0 Å². The highest BCUT2D eigenvalue weighted by Gasteiger charge is 2.06. The average Bonchev–Trinajstić information content (AvgIpc) is 2.25. The summed E-state index contributed by atoms with van der Waals surface area (Å²) in [6.45, 7) is 8.58. The molecule has 0 aromatic rings. The lowest BCUT2D eigenvalue weighted by Crippen LogP contribution is -2.38. The van der Waals surface area contributed by atoms with Crippen molar-refractivity contribution in [3.05, 3.63) is 0 Å². The predicted octanol–water partition coefficient (Wildman–Crippen LogP) is 1.05. The van der Waals surface area contributed by atoms with Gasteiger partial charge in [-0.3, -0.25) is 0 Å². The fourth-order valence-corrected chi connectivity index (χ4v) is 1.20. The van der Waals surface area contributed by atoms with Crippen LogP contribution in [-0.2, 0) is 14.2 Å². The van der Waals surface area contributed by atoms with Crippen LogP contribution in [0.15, 0.2) is 0 Å². The molecule has 1 atom stereocenters. The third-order valence-corrected chi connectivity index (χ3v) is 1.95. The second kappa shape index (κ2) is 11.9. The molecule has 0 aliphatic carbocycles. The Balaban J connectivity index is 3.38. The van der Waals surface area contributed by atoms with Gasteiger partial charge in [0.1, 0.15) is 0 Å². The van der Waals surface area contributed by atoms with E-state index in [9.17, 15) is 0 Å². The normalized spacial score (nSPS) is 13.0. The van der Waals surface area contributed by atoms with Gasteiger partial charge < -0.3 is 19.5 Å². The molecular weight excluding hydrogens is 194 g/mol. The van der Waals surface area contributed by atoms with E-state index in [0.29, 0.717) is 26.4 Å². The zero-order valence-electron chi connectivity index (χ0n) is 10.3. The molecule has 0 saturated carbocycles. The van der Waals surface area contributed by atoms with Gasteiger partial charge >= 0.3 is 0 Å². The second-order valence-corrected chi connectivity index (χ2v) is 3.38. The maximum absolute atomic E-state index is 5.48.